The van der Waals surface area contributed by atoms with Crippen molar-refractivity contribution in [2.24, 2.45) is 0 Å². The number of hydrogen-bond donors (Lipinski definition) is 2. The van der Waals surface area contributed by atoms with Gasteiger partial charge in [0.2, 0.25) is 11.8 Å². The molecule has 6 rings (SSSR count). The normalized spacial score (nSPS) is 11.4. The lowest BCUT2D eigenvalue weighted by atomic mass is 10.1. The highest BCUT2D eigenvalue weighted by Gasteiger charge is 2.17. The van der Waals surface area contributed by atoms with Gasteiger partial charge in [0, 0.05) is 22.8 Å². The fourth-order valence-corrected chi connectivity index (χ4v) is 6.27. The van der Waals surface area contributed by atoms with Crippen molar-refractivity contribution in [1.29, 1.82) is 5.26 Å². The summed E-state index contributed by atoms with van der Waals surface area (Å²) >= 11 is 1.46. The van der Waals surface area contributed by atoms with Crippen LogP contribution in [0, 0.1) is 25.2 Å². The van der Waals surface area contributed by atoms with Gasteiger partial charge in [0.05, 0.1) is 22.0 Å². The van der Waals surface area contributed by atoms with Crippen LogP contribution in [0.25, 0.3) is 21.2 Å². The lowest BCUT2D eigenvalue weighted by molar-refractivity contribution is 0.463. The van der Waals surface area contributed by atoms with E-state index in [4.69, 9.17) is 9.15 Å². The smallest absolute Gasteiger partial charge is 0.336 e. The zero-order chi connectivity index (χ0) is 29.4. The SMILES string of the molecule is Cc1cc(C#N)cc(C)c1Oc1nc(Nc2ccc(NS(=O)(=O)c3ccc4oc(=O)ccc4c3)cc2)nc2ccsc12. The minimum Gasteiger partial charge on any atom is -0.437 e. The average molecular weight is 596 g/mol. The number of anilines is 3. The molecule has 0 aliphatic heterocycles. The molecule has 3 aromatic carbocycles. The standard InChI is InChI=1S/C30H21N5O5S2/c1-17-13-19(16-31)14-18(2)27(17)40-29-28-24(11-12-41-28)33-30(34-29)32-21-4-6-22(7-5-21)35-42(37,38)23-8-9-25-20(15-23)3-10-26(36)39-25/h3-15,35H,1-2H3,(H,32,33,34). The van der Waals surface area contributed by atoms with E-state index < -0.39 is 15.6 Å². The van der Waals surface area contributed by atoms with E-state index in [2.05, 4.69) is 26.1 Å². The summed E-state index contributed by atoms with van der Waals surface area (Å²) in [6.45, 7) is 3.76. The van der Waals surface area contributed by atoms with E-state index in [0.29, 0.717) is 51.0 Å². The van der Waals surface area contributed by atoms with Crippen molar-refractivity contribution in [3.63, 3.8) is 0 Å². The second-order valence-electron chi connectivity index (χ2n) is 9.40. The first-order chi connectivity index (χ1) is 20.2. The summed E-state index contributed by atoms with van der Waals surface area (Å²) < 4.78 is 40.7. The molecular formula is C30H21N5O5S2. The van der Waals surface area contributed by atoms with Crippen LogP contribution in [0.1, 0.15) is 16.7 Å². The maximum atomic E-state index is 13.0. The number of ether oxygens (including phenoxy) is 1. The van der Waals surface area contributed by atoms with Gasteiger partial charge in [0.1, 0.15) is 16.0 Å². The number of nitriles is 1. The van der Waals surface area contributed by atoms with Gasteiger partial charge >= 0.3 is 5.63 Å². The molecule has 0 fully saturated rings. The zero-order valence-corrected chi connectivity index (χ0v) is 23.8. The third-order valence-corrected chi connectivity index (χ3v) is 8.63. The van der Waals surface area contributed by atoms with Gasteiger partial charge in [-0.1, -0.05) is 0 Å². The van der Waals surface area contributed by atoms with E-state index in [1.807, 2.05) is 25.3 Å². The molecule has 0 saturated heterocycles. The molecular weight excluding hydrogens is 574 g/mol. The highest BCUT2D eigenvalue weighted by Crippen LogP contribution is 2.36. The molecule has 3 aromatic heterocycles. The van der Waals surface area contributed by atoms with Crippen LogP contribution in [0.2, 0.25) is 0 Å². The molecule has 0 atom stereocenters. The Bertz CT molecular complexity index is 2180. The first-order valence-corrected chi connectivity index (χ1v) is 14.9. The van der Waals surface area contributed by atoms with Gasteiger partial charge in [0.25, 0.3) is 10.0 Å². The Morgan fingerprint density at radius 3 is 2.40 bits per heavy atom. The summed E-state index contributed by atoms with van der Waals surface area (Å²) in [6.07, 6.45) is 0. The molecule has 0 radical (unpaired) electrons. The molecule has 12 heteroatoms. The highest BCUT2D eigenvalue weighted by molar-refractivity contribution is 7.92. The zero-order valence-electron chi connectivity index (χ0n) is 22.2. The van der Waals surface area contributed by atoms with Gasteiger partial charge in [-0.15, -0.1) is 11.3 Å². The van der Waals surface area contributed by atoms with Gasteiger partial charge in [0.15, 0.2) is 0 Å². The van der Waals surface area contributed by atoms with Crippen molar-refractivity contribution in [3.8, 4) is 17.7 Å². The van der Waals surface area contributed by atoms with E-state index in [1.165, 1.54) is 41.7 Å². The largest absolute Gasteiger partial charge is 0.437 e. The van der Waals surface area contributed by atoms with Gasteiger partial charge in [-0.05, 0) is 97.1 Å². The number of hydrogen-bond acceptors (Lipinski definition) is 10. The number of nitrogens with one attached hydrogen (secondary N) is 2. The number of fused-ring (bicyclic) bond motifs is 2. The van der Waals surface area contributed by atoms with Crippen molar-refractivity contribution in [2.75, 3.05) is 10.0 Å². The number of aromatic nitrogens is 2. The topological polar surface area (TPSA) is 147 Å². The molecule has 0 unspecified atom stereocenters. The van der Waals surface area contributed by atoms with Crippen LogP contribution in [0.5, 0.6) is 11.6 Å². The van der Waals surface area contributed by atoms with Crippen molar-refractivity contribution in [2.45, 2.75) is 18.7 Å². The predicted octanol–water partition coefficient (Wildman–Crippen LogP) is 6.62. The highest BCUT2D eigenvalue weighted by atomic mass is 32.2. The molecule has 42 heavy (non-hydrogen) atoms. The molecule has 10 nitrogen and oxygen atoms in total. The molecule has 2 N–H and O–H groups in total. The molecule has 0 aliphatic carbocycles. The predicted molar refractivity (Wildman–Crippen MR) is 161 cm³/mol. The minimum absolute atomic E-state index is 0.0313. The fraction of sp³-hybridized carbons (Fsp3) is 0.0667. The summed E-state index contributed by atoms with van der Waals surface area (Å²) in [4.78, 5) is 20.6. The third kappa shape index (κ3) is 5.38. The van der Waals surface area contributed by atoms with Crippen molar-refractivity contribution in [3.05, 3.63) is 105 Å². The maximum Gasteiger partial charge on any atom is 0.336 e. The summed E-state index contributed by atoms with van der Waals surface area (Å²) in [5.41, 5.74) is 3.67. The summed E-state index contributed by atoms with van der Waals surface area (Å²) in [5.74, 6) is 1.31. The Kier molecular flexibility index (Phi) is 6.82. The molecule has 0 saturated carbocycles. The quantitative estimate of drug-likeness (QED) is 0.194. The summed E-state index contributed by atoms with van der Waals surface area (Å²) in [7, 11) is -3.90. The third-order valence-electron chi connectivity index (χ3n) is 6.35. The molecule has 0 spiro atoms. The number of sulfonamides is 1. The second kappa shape index (κ2) is 10.6. The van der Waals surface area contributed by atoms with Crippen molar-refractivity contribution < 1.29 is 17.6 Å². The van der Waals surface area contributed by atoms with E-state index in [0.717, 1.165) is 15.8 Å². The monoisotopic (exact) mass is 595 g/mol. The van der Waals surface area contributed by atoms with E-state index in [1.54, 1.807) is 36.4 Å². The van der Waals surface area contributed by atoms with Crippen LogP contribution in [-0.2, 0) is 10.0 Å². The van der Waals surface area contributed by atoms with Gasteiger partial charge in [-0.2, -0.15) is 10.2 Å². The molecule has 6 aromatic rings. The van der Waals surface area contributed by atoms with E-state index >= 15 is 0 Å². The lowest BCUT2D eigenvalue weighted by Crippen LogP contribution is -2.13. The average Bonchev–Trinajstić information content (AvgIpc) is 3.44. The van der Waals surface area contributed by atoms with Crippen LogP contribution in [-0.4, -0.2) is 18.4 Å². The molecule has 3 heterocycles. The van der Waals surface area contributed by atoms with Crippen molar-refractivity contribution in [1.82, 2.24) is 9.97 Å². The number of aryl methyl sites for hydroxylation is 2. The number of benzene rings is 3. The minimum atomic E-state index is -3.90. The van der Waals surface area contributed by atoms with Crippen LogP contribution in [0.15, 0.2) is 92.3 Å². The van der Waals surface area contributed by atoms with Crippen LogP contribution < -0.4 is 20.4 Å². The van der Waals surface area contributed by atoms with Gasteiger partial charge in [-0.25, -0.2) is 18.2 Å². The van der Waals surface area contributed by atoms with E-state index in [-0.39, 0.29) is 4.90 Å². The van der Waals surface area contributed by atoms with Gasteiger partial charge in [-0.3, -0.25) is 4.72 Å². The van der Waals surface area contributed by atoms with Crippen LogP contribution in [0.4, 0.5) is 17.3 Å². The second-order valence-corrected chi connectivity index (χ2v) is 12.0. The Balaban J connectivity index is 1.22. The summed E-state index contributed by atoms with van der Waals surface area (Å²) in [5, 5.41) is 14.8. The molecule has 0 aliphatic rings. The maximum absolute atomic E-state index is 13.0. The Labute approximate surface area is 243 Å². The van der Waals surface area contributed by atoms with Crippen LogP contribution >= 0.6 is 11.3 Å². The number of nitrogens with zero attached hydrogens (tertiary/aromatic N) is 3. The fourth-order valence-electron chi connectivity index (χ4n) is 4.42. The molecule has 0 bridgehead atoms. The first-order valence-electron chi connectivity index (χ1n) is 12.6. The number of thiophene rings is 1. The number of rotatable bonds is 7. The molecule has 208 valence electrons. The Hall–Kier alpha value is -5.25. The lowest BCUT2D eigenvalue weighted by Gasteiger charge is -2.13. The Morgan fingerprint density at radius 2 is 1.67 bits per heavy atom. The summed E-state index contributed by atoms with van der Waals surface area (Å²) in [6, 6.07) is 21.2. The molecule has 0 amide bonds. The Morgan fingerprint density at radius 1 is 0.929 bits per heavy atom. The van der Waals surface area contributed by atoms with E-state index in [9.17, 15) is 18.5 Å². The van der Waals surface area contributed by atoms with Crippen LogP contribution in [0.3, 0.4) is 0 Å². The first kappa shape index (κ1) is 26.9. The van der Waals surface area contributed by atoms with Crippen molar-refractivity contribution >= 4 is 59.9 Å². The van der Waals surface area contributed by atoms with Gasteiger partial charge < -0.3 is 14.5 Å².